The van der Waals surface area contributed by atoms with Crippen molar-refractivity contribution in [3.05, 3.63) is 59.9 Å². The molecule has 2 rings (SSSR count). The topological polar surface area (TPSA) is 59.9 Å². The van der Waals surface area contributed by atoms with Gasteiger partial charge in [0.05, 0.1) is 12.8 Å². The second kappa shape index (κ2) is 10.1. The number of amides is 1. The van der Waals surface area contributed by atoms with E-state index in [0.717, 1.165) is 24.2 Å². The number of hydrogen-bond acceptors (Lipinski definition) is 4. The van der Waals surface area contributed by atoms with Crippen molar-refractivity contribution in [2.45, 2.75) is 19.8 Å². The van der Waals surface area contributed by atoms with Crippen LogP contribution in [0.25, 0.3) is 0 Å². The van der Waals surface area contributed by atoms with Crippen molar-refractivity contribution in [2.24, 2.45) is 5.10 Å². The first-order chi connectivity index (χ1) is 12.2. The second-order valence-corrected chi connectivity index (χ2v) is 5.28. The minimum absolute atomic E-state index is 0.0280. The molecular weight excluding hydrogens is 323 g/mol. The van der Waals surface area contributed by atoms with E-state index >= 15 is 0 Å². The zero-order valence-electron chi connectivity index (χ0n) is 14.1. The van der Waals surface area contributed by atoms with Crippen LogP contribution < -0.4 is 14.9 Å². The Morgan fingerprint density at radius 1 is 1.16 bits per heavy atom. The molecule has 2 aromatic carbocycles. The number of carbonyl (C=O) groups excluding carboxylic acids is 1. The summed E-state index contributed by atoms with van der Waals surface area (Å²) in [5, 5.41) is 3.84. The molecule has 0 saturated heterocycles. The van der Waals surface area contributed by atoms with E-state index in [1.165, 1.54) is 18.3 Å². The fraction of sp³-hybridized carbons (Fsp3) is 0.263. The third-order valence-electron chi connectivity index (χ3n) is 3.25. The van der Waals surface area contributed by atoms with Crippen LogP contribution in [0.2, 0.25) is 0 Å². The number of rotatable bonds is 9. The summed E-state index contributed by atoms with van der Waals surface area (Å²) in [5.41, 5.74) is 3.15. The van der Waals surface area contributed by atoms with Crippen LogP contribution in [0, 0.1) is 5.82 Å². The summed E-state index contributed by atoms with van der Waals surface area (Å²) in [7, 11) is 0. The zero-order valence-corrected chi connectivity index (χ0v) is 14.1. The van der Waals surface area contributed by atoms with Gasteiger partial charge in [0.2, 0.25) is 0 Å². The van der Waals surface area contributed by atoms with Gasteiger partial charge in [-0.05, 0) is 48.4 Å². The maximum Gasteiger partial charge on any atom is 0.277 e. The van der Waals surface area contributed by atoms with Crippen LogP contribution in [0.4, 0.5) is 4.39 Å². The van der Waals surface area contributed by atoms with Gasteiger partial charge in [-0.1, -0.05) is 25.5 Å². The third-order valence-corrected chi connectivity index (χ3v) is 3.25. The molecule has 0 atom stereocenters. The van der Waals surface area contributed by atoms with E-state index in [0.29, 0.717) is 6.61 Å². The standard InChI is InChI=1S/C19H21FN2O3/c1-2-3-12-24-16-10-8-15(9-11-16)13-21-22-19(23)14-25-18-7-5-4-6-17(18)20/h4-11,13H,2-3,12,14H2,1H3,(H,22,23)/b21-13-. The first-order valence-corrected chi connectivity index (χ1v) is 8.11. The van der Waals surface area contributed by atoms with Crippen LogP contribution in [0.3, 0.4) is 0 Å². The fourth-order valence-corrected chi connectivity index (χ4v) is 1.90. The second-order valence-electron chi connectivity index (χ2n) is 5.28. The van der Waals surface area contributed by atoms with E-state index in [1.807, 2.05) is 24.3 Å². The van der Waals surface area contributed by atoms with E-state index in [-0.39, 0.29) is 12.4 Å². The van der Waals surface area contributed by atoms with Gasteiger partial charge >= 0.3 is 0 Å². The highest BCUT2D eigenvalue weighted by Crippen LogP contribution is 2.15. The number of hydrazone groups is 1. The highest BCUT2D eigenvalue weighted by Gasteiger charge is 2.05. The molecule has 0 radical (unpaired) electrons. The Hall–Kier alpha value is -2.89. The first-order valence-electron chi connectivity index (χ1n) is 8.11. The van der Waals surface area contributed by atoms with Gasteiger partial charge in [0, 0.05) is 0 Å². The average molecular weight is 344 g/mol. The molecule has 0 saturated carbocycles. The van der Waals surface area contributed by atoms with Crippen LogP contribution in [-0.2, 0) is 4.79 Å². The summed E-state index contributed by atoms with van der Waals surface area (Å²) in [6, 6.07) is 13.3. The van der Waals surface area contributed by atoms with Crippen LogP contribution in [0.5, 0.6) is 11.5 Å². The van der Waals surface area contributed by atoms with E-state index in [9.17, 15) is 9.18 Å². The van der Waals surface area contributed by atoms with Crippen LogP contribution >= 0.6 is 0 Å². The Labute approximate surface area is 146 Å². The monoisotopic (exact) mass is 344 g/mol. The number of unbranched alkanes of at least 4 members (excludes halogenated alkanes) is 1. The van der Waals surface area contributed by atoms with E-state index < -0.39 is 11.7 Å². The maximum atomic E-state index is 13.3. The number of hydrogen-bond donors (Lipinski definition) is 1. The van der Waals surface area contributed by atoms with Gasteiger partial charge < -0.3 is 9.47 Å². The quantitative estimate of drug-likeness (QED) is 0.430. The number of nitrogens with one attached hydrogen (secondary N) is 1. The Bertz CT molecular complexity index is 702. The summed E-state index contributed by atoms with van der Waals surface area (Å²) in [5.74, 6) is -0.160. The molecule has 0 aliphatic rings. The summed E-state index contributed by atoms with van der Waals surface area (Å²) in [6.07, 6.45) is 3.62. The summed E-state index contributed by atoms with van der Waals surface area (Å²) < 4.78 is 24.0. The van der Waals surface area contributed by atoms with Crippen molar-refractivity contribution in [3.63, 3.8) is 0 Å². The largest absolute Gasteiger partial charge is 0.494 e. The Morgan fingerprint density at radius 3 is 2.64 bits per heavy atom. The fourth-order valence-electron chi connectivity index (χ4n) is 1.90. The van der Waals surface area contributed by atoms with Gasteiger partial charge in [0.1, 0.15) is 5.75 Å². The average Bonchev–Trinajstić information content (AvgIpc) is 2.62. The summed E-state index contributed by atoms with van der Waals surface area (Å²) in [4.78, 5) is 11.6. The molecule has 0 aliphatic heterocycles. The van der Waals surface area contributed by atoms with Crippen LogP contribution in [-0.4, -0.2) is 25.3 Å². The van der Waals surface area contributed by atoms with Crippen molar-refractivity contribution < 1.29 is 18.7 Å². The molecule has 5 nitrogen and oxygen atoms in total. The lowest BCUT2D eigenvalue weighted by Gasteiger charge is -2.06. The molecule has 0 heterocycles. The molecule has 0 bridgehead atoms. The minimum Gasteiger partial charge on any atom is -0.494 e. The molecule has 2 aromatic rings. The zero-order chi connectivity index (χ0) is 17.9. The first kappa shape index (κ1) is 18.4. The predicted molar refractivity (Wildman–Crippen MR) is 94.5 cm³/mol. The summed E-state index contributed by atoms with van der Waals surface area (Å²) >= 11 is 0. The molecule has 1 N–H and O–H groups in total. The Morgan fingerprint density at radius 2 is 1.92 bits per heavy atom. The lowest BCUT2D eigenvalue weighted by molar-refractivity contribution is -0.123. The van der Waals surface area contributed by atoms with E-state index in [2.05, 4.69) is 17.5 Å². The number of nitrogens with zero attached hydrogens (tertiary/aromatic N) is 1. The molecule has 25 heavy (non-hydrogen) atoms. The van der Waals surface area contributed by atoms with Gasteiger partial charge in [-0.3, -0.25) is 4.79 Å². The molecule has 1 amide bonds. The van der Waals surface area contributed by atoms with Crippen molar-refractivity contribution in [3.8, 4) is 11.5 Å². The van der Waals surface area contributed by atoms with Crippen LogP contribution in [0.1, 0.15) is 25.3 Å². The number of ether oxygens (including phenoxy) is 2. The highest BCUT2D eigenvalue weighted by molar-refractivity contribution is 5.83. The van der Waals surface area contributed by atoms with Gasteiger partial charge in [0.15, 0.2) is 18.2 Å². The molecule has 132 valence electrons. The number of benzene rings is 2. The Balaban J connectivity index is 1.74. The summed E-state index contributed by atoms with van der Waals surface area (Å²) in [6.45, 7) is 2.49. The molecular formula is C19H21FN2O3. The highest BCUT2D eigenvalue weighted by atomic mass is 19.1. The normalized spacial score (nSPS) is 10.6. The Kier molecular flexibility index (Phi) is 7.43. The van der Waals surface area contributed by atoms with E-state index in [4.69, 9.17) is 9.47 Å². The smallest absolute Gasteiger partial charge is 0.277 e. The lowest BCUT2D eigenvalue weighted by Crippen LogP contribution is -2.24. The van der Waals surface area contributed by atoms with Gasteiger partial charge in [-0.2, -0.15) is 5.10 Å². The van der Waals surface area contributed by atoms with Gasteiger partial charge in [0.25, 0.3) is 5.91 Å². The molecule has 0 spiro atoms. The van der Waals surface area contributed by atoms with Gasteiger partial charge in [-0.25, -0.2) is 9.82 Å². The van der Waals surface area contributed by atoms with Crippen molar-refractivity contribution in [1.82, 2.24) is 5.43 Å². The molecule has 0 aromatic heterocycles. The minimum atomic E-state index is -0.514. The number of para-hydroxylation sites is 1. The van der Waals surface area contributed by atoms with E-state index in [1.54, 1.807) is 12.1 Å². The maximum absolute atomic E-state index is 13.3. The van der Waals surface area contributed by atoms with Crippen LogP contribution in [0.15, 0.2) is 53.6 Å². The number of carbonyl (C=O) groups is 1. The molecule has 0 aliphatic carbocycles. The van der Waals surface area contributed by atoms with Crippen molar-refractivity contribution >= 4 is 12.1 Å². The molecule has 6 heteroatoms. The molecule has 0 unspecified atom stereocenters. The SMILES string of the molecule is CCCCOc1ccc(/C=N\NC(=O)COc2ccccc2F)cc1. The molecule has 0 fully saturated rings. The lowest BCUT2D eigenvalue weighted by atomic mass is 10.2. The van der Waals surface area contributed by atoms with Gasteiger partial charge in [-0.15, -0.1) is 0 Å². The van der Waals surface area contributed by atoms with Crippen molar-refractivity contribution in [1.29, 1.82) is 0 Å². The predicted octanol–water partition coefficient (Wildman–Crippen LogP) is 3.53. The number of halogens is 1. The third kappa shape index (κ3) is 6.63. The van der Waals surface area contributed by atoms with Crippen molar-refractivity contribution in [2.75, 3.05) is 13.2 Å².